The Balaban J connectivity index is 1.55. The molecule has 1 amide bonds. The van der Waals surface area contributed by atoms with Crippen LogP contribution in [0.25, 0.3) is 0 Å². The van der Waals surface area contributed by atoms with Crippen molar-refractivity contribution in [1.29, 1.82) is 0 Å². The topological polar surface area (TPSA) is 108 Å². The Bertz CT molecular complexity index is 1190. The van der Waals surface area contributed by atoms with Gasteiger partial charge in [0.1, 0.15) is 0 Å². The van der Waals surface area contributed by atoms with E-state index in [1.54, 1.807) is 43.0 Å². The van der Waals surface area contributed by atoms with E-state index in [2.05, 4.69) is 0 Å². The fraction of sp³-hybridized carbons (Fsp3) is 0.476. The van der Waals surface area contributed by atoms with Crippen LogP contribution in [-0.4, -0.2) is 70.4 Å². The van der Waals surface area contributed by atoms with Crippen molar-refractivity contribution >= 4 is 31.6 Å². The lowest BCUT2D eigenvalue weighted by Gasteiger charge is -2.34. The minimum absolute atomic E-state index is 0.103. The van der Waals surface area contributed by atoms with Crippen LogP contribution >= 0.6 is 0 Å². The lowest BCUT2D eigenvalue weighted by atomic mass is 10.1. The second-order valence-electron chi connectivity index (χ2n) is 8.18. The Kier molecular flexibility index (Phi) is 6.08. The van der Waals surface area contributed by atoms with Gasteiger partial charge in [0.2, 0.25) is 20.0 Å². The number of carbonyl (C=O) groups is 1. The summed E-state index contributed by atoms with van der Waals surface area (Å²) in [5.74, 6) is 0.0781. The number of aryl methyl sites for hydroxylation is 2. The molecule has 32 heavy (non-hydrogen) atoms. The highest BCUT2D eigenvalue weighted by molar-refractivity contribution is 7.92. The standard InChI is InChI=1S/C21H27N3O6S2/c1-16-14-18(24-7-3-4-13-31(24,26)27)15-17(2)20(16)32(28,29)23-10-8-22(9-11-23)21(25)19-6-5-12-30-19/h5-6,12,14-15H,3-4,7-11,13H2,1-2H3. The molecule has 0 spiro atoms. The second-order valence-corrected chi connectivity index (χ2v) is 12.1. The van der Waals surface area contributed by atoms with Crippen molar-refractivity contribution in [3.8, 4) is 0 Å². The highest BCUT2D eigenvalue weighted by atomic mass is 32.2. The number of carbonyl (C=O) groups excluding carboxylic acids is 1. The summed E-state index contributed by atoms with van der Waals surface area (Å²) in [7, 11) is -7.18. The average Bonchev–Trinajstić information content (AvgIpc) is 3.27. The number of rotatable bonds is 4. The van der Waals surface area contributed by atoms with Gasteiger partial charge in [0.15, 0.2) is 5.76 Å². The summed E-state index contributed by atoms with van der Waals surface area (Å²) in [5.41, 5.74) is 1.53. The van der Waals surface area contributed by atoms with Crippen LogP contribution in [0.3, 0.4) is 0 Å². The molecule has 3 heterocycles. The van der Waals surface area contributed by atoms with Crippen LogP contribution in [-0.2, 0) is 20.0 Å². The zero-order chi connectivity index (χ0) is 23.1. The molecule has 0 aliphatic carbocycles. The molecule has 0 saturated carbocycles. The van der Waals surface area contributed by atoms with Gasteiger partial charge in [-0.05, 0) is 62.1 Å². The number of benzene rings is 1. The largest absolute Gasteiger partial charge is 0.459 e. The minimum Gasteiger partial charge on any atom is -0.459 e. The molecule has 0 bridgehead atoms. The average molecular weight is 482 g/mol. The summed E-state index contributed by atoms with van der Waals surface area (Å²) < 4.78 is 59.7. The van der Waals surface area contributed by atoms with Crippen LogP contribution in [0.1, 0.15) is 34.5 Å². The van der Waals surface area contributed by atoms with Crippen molar-refractivity contribution in [3.63, 3.8) is 0 Å². The molecule has 9 nitrogen and oxygen atoms in total. The molecule has 4 rings (SSSR count). The monoisotopic (exact) mass is 481 g/mol. The highest BCUT2D eigenvalue weighted by Crippen LogP contribution is 2.32. The van der Waals surface area contributed by atoms with Crippen LogP contribution in [0.15, 0.2) is 39.8 Å². The van der Waals surface area contributed by atoms with Gasteiger partial charge in [-0.25, -0.2) is 16.8 Å². The summed E-state index contributed by atoms with van der Waals surface area (Å²) in [6.07, 6.45) is 2.84. The van der Waals surface area contributed by atoms with Gasteiger partial charge in [0, 0.05) is 32.7 Å². The fourth-order valence-electron chi connectivity index (χ4n) is 4.37. The van der Waals surface area contributed by atoms with Crippen LogP contribution in [0.2, 0.25) is 0 Å². The van der Waals surface area contributed by atoms with Crippen LogP contribution in [0, 0.1) is 13.8 Å². The first-order valence-electron chi connectivity index (χ1n) is 10.6. The van der Waals surface area contributed by atoms with E-state index in [4.69, 9.17) is 4.42 Å². The van der Waals surface area contributed by atoms with E-state index in [0.29, 0.717) is 29.8 Å². The van der Waals surface area contributed by atoms with Gasteiger partial charge in [0.05, 0.1) is 22.6 Å². The predicted molar refractivity (Wildman–Crippen MR) is 120 cm³/mol. The maximum absolute atomic E-state index is 13.4. The van der Waals surface area contributed by atoms with Gasteiger partial charge in [-0.3, -0.25) is 9.10 Å². The molecule has 1 aromatic heterocycles. The van der Waals surface area contributed by atoms with E-state index in [9.17, 15) is 21.6 Å². The van der Waals surface area contributed by atoms with Crippen LogP contribution in [0.4, 0.5) is 5.69 Å². The van der Waals surface area contributed by atoms with Gasteiger partial charge in [-0.2, -0.15) is 4.31 Å². The molecule has 2 saturated heterocycles. The molecular weight excluding hydrogens is 454 g/mol. The summed E-state index contributed by atoms with van der Waals surface area (Å²) in [6.45, 7) is 4.67. The van der Waals surface area contributed by atoms with Crippen LogP contribution < -0.4 is 4.31 Å². The van der Waals surface area contributed by atoms with Gasteiger partial charge in [0.25, 0.3) is 5.91 Å². The Morgan fingerprint density at radius 3 is 2.22 bits per heavy atom. The Morgan fingerprint density at radius 1 is 1.00 bits per heavy atom. The van der Waals surface area contributed by atoms with Crippen molar-refractivity contribution in [3.05, 3.63) is 47.4 Å². The smallest absolute Gasteiger partial charge is 0.289 e. The molecule has 2 aliphatic rings. The molecule has 2 aromatic rings. The maximum atomic E-state index is 13.4. The molecule has 0 N–H and O–H groups in total. The summed E-state index contributed by atoms with van der Waals surface area (Å²) >= 11 is 0. The third-order valence-electron chi connectivity index (χ3n) is 5.94. The van der Waals surface area contributed by atoms with E-state index in [-0.39, 0.29) is 48.5 Å². The molecule has 11 heteroatoms. The quantitative estimate of drug-likeness (QED) is 0.661. The van der Waals surface area contributed by atoms with Crippen molar-refractivity contribution in [1.82, 2.24) is 9.21 Å². The summed E-state index contributed by atoms with van der Waals surface area (Å²) in [5, 5.41) is 0. The lowest BCUT2D eigenvalue weighted by Crippen LogP contribution is -2.50. The minimum atomic E-state index is -3.80. The maximum Gasteiger partial charge on any atom is 0.289 e. The van der Waals surface area contributed by atoms with Crippen molar-refractivity contribution < 1.29 is 26.0 Å². The lowest BCUT2D eigenvalue weighted by molar-refractivity contribution is 0.0666. The molecule has 1 aromatic carbocycles. The third kappa shape index (κ3) is 4.16. The van der Waals surface area contributed by atoms with Crippen molar-refractivity contribution in [2.45, 2.75) is 31.6 Å². The number of hydrogen-bond acceptors (Lipinski definition) is 6. The number of furan rings is 1. The SMILES string of the molecule is Cc1cc(N2CCCCS2(=O)=O)cc(C)c1S(=O)(=O)N1CCN(C(=O)c2ccco2)CC1. The Labute approximate surface area is 188 Å². The van der Waals surface area contributed by atoms with Crippen molar-refractivity contribution in [2.24, 2.45) is 0 Å². The van der Waals surface area contributed by atoms with E-state index in [0.717, 1.165) is 6.42 Å². The first kappa shape index (κ1) is 22.8. The number of anilines is 1. The zero-order valence-electron chi connectivity index (χ0n) is 18.2. The Hall–Kier alpha value is -2.37. The Morgan fingerprint density at radius 2 is 1.66 bits per heavy atom. The molecule has 0 unspecified atom stereocenters. The van der Waals surface area contributed by atoms with E-state index in [1.807, 2.05) is 0 Å². The van der Waals surface area contributed by atoms with Crippen LogP contribution in [0.5, 0.6) is 0 Å². The second kappa shape index (κ2) is 8.53. The number of sulfonamides is 2. The third-order valence-corrected chi connectivity index (χ3v) is 10.0. The van der Waals surface area contributed by atoms with Gasteiger partial charge in [-0.1, -0.05) is 0 Å². The van der Waals surface area contributed by atoms with E-state index in [1.165, 1.54) is 14.9 Å². The number of hydrogen-bond donors (Lipinski definition) is 0. The van der Waals surface area contributed by atoms with Gasteiger partial charge < -0.3 is 9.32 Å². The number of piperazine rings is 1. The first-order valence-corrected chi connectivity index (χ1v) is 13.6. The molecule has 2 fully saturated rings. The first-order chi connectivity index (χ1) is 15.1. The van der Waals surface area contributed by atoms with Crippen molar-refractivity contribution in [2.75, 3.05) is 42.8 Å². The summed E-state index contributed by atoms with van der Waals surface area (Å²) in [6, 6.07) is 6.50. The molecule has 0 atom stereocenters. The molecule has 2 aliphatic heterocycles. The predicted octanol–water partition coefficient (Wildman–Crippen LogP) is 1.97. The number of nitrogens with zero attached hydrogens (tertiary/aromatic N) is 3. The molecule has 0 radical (unpaired) electrons. The molecular formula is C21H27N3O6S2. The zero-order valence-corrected chi connectivity index (χ0v) is 19.8. The van der Waals surface area contributed by atoms with Gasteiger partial charge in [-0.15, -0.1) is 0 Å². The van der Waals surface area contributed by atoms with Gasteiger partial charge >= 0.3 is 0 Å². The fourth-order valence-corrected chi connectivity index (χ4v) is 7.83. The highest BCUT2D eigenvalue weighted by Gasteiger charge is 2.34. The van der Waals surface area contributed by atoms with E-state index >= 15 is 0 Å². The van der Waals surface area contributed by atoms with E-state index < -0.39 is 20.0 Å². The molecule has 174 valence electrons. The summed E-state index contributed by atoms with van der Waals surface area (Å²) in [4.78, 5) is 14.2. The number of amides is 1. The normalized spacial score (nSPS) is 19.8.